The number of hydrogen-bond acceptors (Lipinski definition) is 2. The van der Waals surface area contributed by atoms with Gasteiger partial charge < -0.3 is 10.1 Å². The third-order valence-electron chi connectivity index (χ3n) is 2.88. The lowest BCUT2D eigenvalue weighted by atomic mass is 10.1. The number of methoxy groups -OCH3 is 1. The van der Waals surface area contributed by atoms with E-state index in [0.717, 1.165) is 26.9 Å². The fourth-order valence-electron chi connectivity index (χ4n) is 1.72. The summed E-state index contributed by atoms with van der Waals surface area (Å²) in [6, 6.07) is 12.4. The van der Waals surface area contributed by atoms with Gasteiger partial charge in [-0.1, -0.05) is 28.1 Å². The molecule has 1 N–H and O–H groups in total. The molecule has 0 aromatic heterocycles. The molecule has 0 aliphatic rings. The third kappa shape index (κ3) is 3.74. The van der Waals surface area contributed by atoms with Gasteiger partial charge >= 0.3 is 0 Å². The Hall–Kier alpha value is -1.000. The number of nitrogens with one attached hydrogen (secondary N) is 1. The van der Waals surface area contributed by atoms with Crippen LogP contribution in [0.4, 0.5) is 5.69 Å². The molecule has 2 rings (SSSR count). The lowest BCUT2D eigenvalue weighted by molar-refractivity contribution is 0.412. The van der Waals surface area contributed by atoms with Gasteiger partial charge in [-0.25, -0.2) is 0 Å². The van der Waals surface area contributed by atoms with E-state index < -0.39 is 0 Å². The van der Waals surface area contributed by atoms with Crippen molar-refractivity contribution < 1.29 is 4.74 Å². The van der Waals surface area contributed by atoms with Crippen LogP contribution < -0.4 is 10.1 Å². The number of aryl methyl sites for hydroxylation is 1. The van der Waals surface area contributed by atoms with E-state index in [2.05, 4.69) is 62.3 Å². The first kappa shape index (κ1) is 14.4. The van der Waals surface area contributed by atoms with Crippen LogP contribution in [-0.2, 0) is 6.54 Å². The van der Waals surface area contributed by atoms with Gasteiger partial charge in [0.05, 0.1) is 11.6 Å². The Bertz CT molecular complexity index is 584. The normalized spacial score (nSPS) is 10.3. The SMILES string of the molecule is COc1cc(NCc2ccc(C)c(Br)c2)ccc1Br. The van der Waals surface area contributed by atoms with Crippen LogP contribution in [0.15, 0.2) is 45.3 Å². The molecule has 0 atom stereocenters. The second-order valence-corrected chi connectivity index (χ2v) is 6.00. The molecule has 0 radical (unpaired) electrons. The Balaban J connectivity index is 2.07. The molecule has 4 heteroatoms. The molecule has 0 aliphatic carbocycles. The smallest absolute Gasteiger partial charge is 0.135 e. The van der Waals surface area contributed by atoms with Crippen LogP contribution >= 0.6 is 31.9 Å². The van der Waals surface area contributed by atoms with Crippen LogP contribution in [0.1, 0.15) is 11.1 Å². The van der Waals surface area contributed by atoms with E-state index in [0.29, 0.717) is 0 Å². The van der Waals surface area contributed by atoms with E-state index in [4.69, 9.17) is 4.74 Å². The summed E-state index contributed by atoms with van der Waals surface area (Å²) in [7, 11) is 1.67. The van der Waals surface area contributed by atoms with E-state index in [9.17, 15) is 0 Å². The summed E-state index contributed by atoms with van der Waals surface area (Å²) >= 11 is 7.00. The molecule has 2 aromatic rings. The molecular weight excluding hydrogens is 370 g/mol. The Morgan fingerprint density at radius 1 is 1.05 bits per heavy atom. The minimum Gasteiger partial charge on any atom is -0.495 e. The maximum atomic E-state index is 5.28. The van der Waals surface area contributed by atoms with Crippen LogP contribution in [0.25, 0.3) is 0 Å². The summed E-state index contributed by atoms with van der Waals surface area (Å²) in [6.45, 7) is 2.87. The predicted molar refractivity (Wildman–Crippen MR) is 86.9 cm³/mol. The molecule has 2 nitrogen and oxygen atoms in total. The lowest BCUT2D eigenvalue weighted by Gasteiger charge is -2.10. The van der Waals surface area contributed by atoms with Crippen molar-refractivity contribution in [1.82, 2.24) is 0 Å². The average Bonchev–Trinajstić information content (AvgIpc) is 2.41. The van der Waals surface area contributed by atoms with E-state index >= 15 is 0 Å². The zero-order chi connectivity index (χ0) is 13.8. The highest BCUT2D eigenvalue weighted by molar-refractivity contribution is 9.10. The highest BCUT2D eigenvalue weighted by Gasteiger charge is 2.02. The van der Waals surface area contributed by atoms with Crippen molar-refractivity contribution in [3.8, 4) is 5.75 Å². The minimum atomic E-state index is 0.781. The van der Waals surface area contributed by atoms with Gasteiger partial charge in [-0.05, 0) is 52.2 Å². The van der Waals surface area contributed by atoms with Crippen molar-refractivity contribution in [2.24, 2.45) is 0 Å². The average molecular weight is 385 g/mol. The molecule has 0 bridgehead atoms. The largest absolute Gasteiger partial charge is 0.495 e. The molecule has 0 saturated heterocycles. The van der Waals surface area contributed by atoms with Crippen molar-refractivity contribution in [1.29, 1.82) is 0 Å². The summed E-state index contributed by atoms with van der Waals surface area (Å²) < 4.78 is 7.37. The van der Waals surface area contributed by atoms with E-state index in [1.165, 1.54) is 11.1 Å². The Kier molecular flexibility index (Phi) is 4.88. The van der Waals surface area contributed by atoms with Crippen molar-refractivity contribution >= 4 is 37.5 Å². The molecule has 0 unspecified atom stereocenters. The monoisotopic (exact) mass is 383 g/mol. The summed E-state index contributed by atoms with van der Waals surface area (Å²) in [5, 5.41) is 3.39. The first-order valence-electron chi connectivity index (χ1n) is 5.92. The van der Waals surface area contributed by atoms with Gasteiger partial charge in [-0.3, -0.25) is 0 Å². The number of benzene rings is 2. The van der Waals surface area contributed by atoms with Crippen LogP contribution in [-0.4, -0.2) is 7.11 Å². The molecule has 0 aliphatic heterocycles. The third-order valence-corrected chi connectivity index (χ3v) is 4.39. The van der Waals surface area contributed by atoms with Crippen LogP contribution in [0.3, 0.4) is 0 Å². The van der Waals surface area contributed by atoms with Crippen molar-refractivity contribution in [2.45, 2.75) is 13.5 Å². The molecule has 100 valence electrons. The van der Waals surface area contributed by atoms with E-state index in [-0.39, 0.29) is 0 Å². The Morgan fingerprint density at radius 2 is 1.84 bits per heavy atom. The highest BCUT2D eigenvalue weighted by atomic mass is 79.9. The van der Waals surface area contributed by atoms with Gasteiger partial charge in [-0.15, -0.1) is 0 Å². The first-order chi connectivity index (χ1) is 9.10. The molecule has 0 amide bonds. The molecule has 0 spiro atoms. The molecular formula is C15H15Br2NO. The topological polar surface area (TPSA) is 21.3 Å². The quantitative estimate of drug-likeness (QED) is 0.787. The fourth-order valence-corrected chi connectivity index (χ4v) is 2.55. The van der Waals surface area contributed by atoms with Crippen LogP contribution in [0, 0.1) is 6.92 Å². The van der Waals surface area contributed by atoms with Gasteiger partial charge in [0.25, 0.3) is 0 Å². The molecule has 2 aromatic carbocycles. The molecule has 0 saturated carbocycles. The number of rotatable bonds is 4. The number of hydrogen-bond donors (Lipinski definition) is 1. The summed E-state index contributed by atoms with van der Waals surface area (Å²) in [4.78, 5) is 0. The zero-order valence-electron chi connectivity index (χ0n) is 10.8. The second-order valence-electron chi connectivity index (χ2n) is 4.29. The zero-order valence-corrected chi connectivity index (χ0v) is 14.0. The van der Waals surface area contributed by atoms with Crippen LogP contribution in [0.2, 0.25) is 0 Å². The first-order valence-corrected chi connectivity index (χ1v) is 7.51. The fraction of sp³-hybridized carbons (Fsp3) is 0.200. The number of anilines is 1. The highest BCUT2D eigenvalue weighted by Crippen LogP contribution is 2.28. The molecule has 19 heavy (non-hydrogen) atoms. The van der Waals surface area contributed by atoms with Gasteiger partial charge in [0.15, 0.2) is 0 Å². The van der Waals surface area contributed by atoms with E-state index in [1.54, 1.807) is 7.11 Å². The van der Waals surface area contributed by atoms with Crippen molar-refractivity contribution in [3.63, 3.8) is 0 Å². The van der Waals surface area contributed by atoms with Gasteiger partial charge in [0, 0.05) is 22.8 Å². The number of ether oxygens (including phenoxy) is 1. The summed E-state index contributed by atoms with van der Waals surface area (Å²) in [5.74, 6) is 0.829. The maximum Gasteiger partial charge on any atom is 0.135 e. The standard InChI is InChI=1S/C15H15Br2NO/c1-10-3-4-11(7-14(10)17)9-18-12-5-6-13(16)15(8-12)19-2/h3-8,18H,9H2,1-2H3. The van der Waals surface area contributed by atoms with Gasteiger partial charge in [0.1, 0.15) is 5.75 Å². The molecule has 0 fully saturated rings. The van der Waals surface area contributed by atoms with Crippen LogP contribution in [0.5, 0.6) is 5.75 Å². The summed E-state index contributed by atoms with van der Waals surface area (Å²) in [5.41, 5.74) is 3.52. The maximum absolute atomic E-state index is 5.28. The molecule has 0 heterocycles. The Labute approximate surface area is 130 Å². The van der Waals surface area contributed by atoms with Gasteiger partial charge in [0.2, 0.25) is 0 Å². The van der Waals surface area contributed by atoms with Gasteiger partial charge in [-0.2, -0.15) is 0 Å². The van der Waals surface area contributed by atoms with E-state index in [1.807, 2.05) is 18.2 Å². The Morgan fingerprint density at radius 3 is 2.53 bits per heavy atom. The predicted octanol–water partition coefficient (Wildman–Crippen LogP) is 5.14. The number of halogens is 2. The lowest BCUT2D eigenvalue weighted by Crippen LogP contribution is -2.00. The summed E-state index contributed by atoms with van der Waals surface area (Å²) in [6.07, 6.45) is 0. The second kappa shape index (κ2) is 6.44. The minimum absolute atomic E-state index is 0.781. The van der Waals surface area contributed by atoms with Crippen molar-refractivity contribution in [2.75, 3.05) is 12.4 Å². The van der Waals surface area contributed by atoms with Crippen molar-refractivity contribution in [3.05, 3.63) is 56.5 Å².